The van der Waals surface area contributed by atoms with Gasteiger partial charge in [-0.25, -0.2) is 0 Å². The van der Waals surface area contributed by atoms with E-state index >= 15 is 0 Å². The number of likely N-dealkylation sites (tertiary alicyclic amines) is 1. The molecule has 0 aliphatic carbocycles. The van der Waals surface area contributed by atoms with E-state index in [1.54, 1.807) is 4.90 Å². The first kappa shape index (κ1) is 8.06. The molecule has 1 amide bonds. The van der Waals surface area contributed by atoms with Gasteiger partial charge in [-0.05, 0) is 13.8 Å². The second-order valence-corrected chi connectivity index (χ2v) is 3.17. The maximum Gasteiger partial charge on any atom is 0.224 e. The van der Waals surface area contributed by atoms with E-state index in [4.69, 9.17) is 5.26 Å². The predicted octanol–water partition coefficient (Wildman–Crippen LogP) is 0.767. The monoisotopic (exact) mass is 152 g/mol. The van der Waals surface area contributed by atoms with Crippen LogP contribution in [0, 0.1) is 17.2 Å². The number of carbonyl (C=O) groups excluding carboxylic acids is 1. The molecule has 3 heteroatoms. The number of rotatable bonds is 1. The molecule has 0 aromatic rings. The molecule has 11 heavy (non-hydrogen) atoms. The summed E-state index contributed by atoms with van der Waals surface area (Å²) in [5, 5.41) is 8.55. The number of nitriles is 1. The Morgan fingerprint density at radius 3 is 2.64 bits per heavy atom. The molecule has 1 aliphatic heterocycles. The molecule has 1 fully saturated rings. The first-order valence-corrected chi connectivity index (χ1v) is 3.84. The topological polar surface area (TPSA) is 44.1 Å². The fourth-order valence-corrected chi connectivity index (χ4v) is 1.32. The van der Waals surface area contributed by atoms with Crippen molar-refractivity contribution in [3.63, 3.8) is 0 Å². The average molecular weight is 152 g/mol. The van der Waals surface area contributed by atoms with E-state index in [0.29, 0.717) is 13.0 Å². The van der Waals surface area contributed by atoms with Gasteiger partial charge in [0.2, 0.25) is 5.91 Å². The molecule has 1 atom stereocenters. The highest BCUT2D eigenvalue weighted by molar-refractivity contribution is 5.79. The van der Waals surface area contributed by atoms with Crippen molar-refractivity contribution in [2.24, 2.45) is 5.92 Å². The molecule has 0 bridgehead atoms. The van der Waals surface area contributed by atoms with Crippen LogP contribution in [0.5, 0.6) is 0 Å². The third-order valence-electron chi connectivity index (χ3n) is 1.96. The molecule has 1 rings (SSSR count). The summed E-state index contributed by atoms with van der Waals surface area (Å²) in [6.07, 6.45) is 0.411. The Morgan fingerprint density at radius 2 is 2.36 bits per heavy atom. The van der Waals surface area contributed by atoms with Crippen LogP contribution < -0.4 is 0 Å². The zero-order valence-corrected chi connectivity index (χ0v) is 6.87. The van der Waals surface area contributed by atoms with Crippen molar-refractivity contribution in [3.05, 3.63) is 0 Å². The maximum atomic E-state index is 11.2. The lowest BCUT2D eigenvalue weighted by atomic mass is 10.1. The maximum absolute atomic E-state index is 11.2. The number of hydrogen-bond acceptors (Lipinski definition) is 2. The van der Waals surface area contributed by atoms with Gasteiger partial charge in [0.05, 0.1) is 12.0 Å². The van der Waals surface area contributed by atoms with Gasteiger partial charge in [-0.1, -0.05) is 0 Å². The highest BCUT2D eigenvalue weighted by Gasteiger charge is 2.30. The van der Waals surface area contributed by atoms with Crippen LogP contribution in [0.25, 0.3) is 0 Å². The minimum Gasteiger partial charge on any atom is -0.339 e. The van der Waals surface area contributed by atoms with Crippen molar-refractivity contribution in [1.29, 1.82) is 5.26 Å². The van der Waals surface area contributed by atoms with E-state index in [1.165, 1.54) is 0 Å². The molecule has 0 unspecified atom stereocenters. The Kier molecular flexibility index (Phi) is 2.13. The molecule has 60 valence electrons. The summed E-state index contributed by atoms with van der Waals surface area (Å²) in [6, 6.07) is 2.35. The molecule has 0 aromatic carbocycles. The van der Waals surface area contributed by atoms with Crippen LogP contribution in [-0.2, 0) is 4.79 Å². The predicted molar refractivity (Wildman–Crippen MR) is 40.6 cm³/mol. The van der Waals surface area contributed by atoms with Crippen LogP contribution in [0.2, 0.25) is 0 Å². The van der Waals surface area contributed by atoms with Crippen molar-refractivity contribution >= 4 is 5.91 Å². The Labute approximate surface area is 66.6 Å². The van der Waals surface area contributed by atoms with Crippen LogP contribution in [0.4, 0.5) is 0 Å². The smallest absolute Gasteiger partial charge is 0.224 e. The van der Waals surface area contributed by atoms with Crippen LogP contribution in [0.3, 0.4) is 0 Å². The summed E-state index contributed by atoms with van der Waals surface area (Å²) in [4.78, 5) is 12.9. The van der Waals surface area contributed by atoms with E-state index < -0.39 is 0 Å². The summed E-state index contributed by atoms with van der Waals surface area (Å²) in [7, 11) is 0. The summed E-state index contributed by atoms with van der Waals surface area (Å²) in [5.74, 6) is 0.0384. The van der Waals surface area contributed by atoms with Gasteiger partial charge in [0.25, 0.3) is 0 Å². The van der Waals surface area contributed by atoms with Crippen molar-refractivity contribution in [1.82, 2.24) is 4.90 Å². The second kappa shape index (κ2) is 2.91. The molecule has 1 heterocycles. The number of hydrogen-bond donors (Lipinski definition) is 0. The van der Waals surface area contributed by atoms with Crippen molar-refractivity contribution in [3.8, 4) is 6.07 Å². The Hall–Kier alpha value is -1.04. The zero-order chi connectivity index (χ0) is 8.43. The Balaban J connectivity index is 2.60. The summed E-state index contributed by atoms with van der Waals surface area (Å²) in [5.41, 5.74) is 0. The lowest BCUT2D eigenvalue weighted by Crippen LogP contribution is -2.31. The lowest BCUT2D eigenvalue weighted by Gasteiger charge is -2.19. The van der Waals surface area contributed by atoms with Gasteiger partial charge in [-0.15, -0.1) is 0 Å². The third-order valence-corrected chi connectivity index (χ3v) is 1.96. The Morgan fingerprint density at radius 1 is 1.73 bits per heavy atom. The zero-order valence-electron chi connectivity index (χ0n) is 6.87. The molecule has 0 spiro atoms. The SMILES string of the molecule is CC(C)N1C[C@H](C#N)CC1=O. The second-order valence-electron chi connectivity index (χ2n) is 3.17. The quantitative estimate of drug-likeness (QED) is 0.557. The average Bonchev–Trinajstić information content (AvgIpc) is 2.30. The fraction of sp³-hybridized carbons (Fsp3) is 0.750. The van der Waals surface area contributed by atoms with Crippen LogP contribution in [0.1, 0.15) is 20.3 Å². The van der Waals surface area contributed by atoms with Gasteiger partial charge in [0, 0.05) is 19.0 Å². The fourth-order valence-electron chi connectivity index (χ4n) is 1.32. The molecule has 0 saturated carbocycles. The molecule has 3 nitrogen and oxygen atoms in total. The van der Waals surface area contributed by atoms with Crippen LogP contribution in [0.15, 0.2) is 0 Å². The standard InChI is InChI=1S/C8H12N2O/c1-6(2)10-5-7(4-9)3-8(10)11/h6-7H,3,5H2,1-2H3/t7-/m0/s1. The van der Waals surface area contributed by atoms with E-state index in [2.05, 4.69) is 6.07 Å². The highest BCUT2D eigenvalue weighted by Crippen LogP contribution is 2.18. The molecule has 0 radical (unpaired) electrons. The van der Waals surface area contributed by atoms with E-state index in [9.17, 15) is 4.79 Å². The summed E-state index contributed by atoms with van der Waals surface area (Å²) < 4.78 is 0. The highest BCUT2D eigenvalue weighted by atomic mass is 16.2. The molecule has 0 aromatic heterocycles. The van der Waals surface area contributed by atoms with Gasteiger partial charge in [0.15, 0.2) is 0 Å². The van der Waals surface area contributed by atoms with Crippen LogP contribution in [-0.4, -0.2) is 23.4 Å². The van der Waals surface area contributed by atoms with Gasteiger partial charge in [-0.3, -0.25) is 4.79 Å². The van der Waals surface area contributed by atoms with Gasteiger partial charge in [-0.2, -0.15) is 5.26 Å². The molecule has 1 saturated heterocycles. The van der Waals surface area contributed by atoms with Crippen molar-refractivity contribution in [2.75, 3.05) is 6.54 Å². The van der Waals surface area contributed by atoms with E-state index in [1.807, 2.05) is 13.8 Å². The Bertz CT molecular complexity index is 205. The normalized spacial score (nSPS) is 24.4. The first-order chi connectivity index (χ1) is 5.15. The minimum atomic E-state index is -0.0788. The summed E-state index contributed by atoms with van der Waals surface area (Å²) >= 11 is 0. The molecule has 1 aliphatic rings. The number of carbonyl (C=O) groups is 1. The summed E-state index contributed by atoms with van der Waals surface area (Å²) in [6.45, 7) is 4.56. The molecule has 0 N–H and O–H groups in total. The van der Waals surface area contributed by atoms with Crippen molar-refractivity contribution in [2.45, 2.75) is 26.3 Å². The van der Waals surface area contributed by atoms with Crippen LogP contribution >= 0.6 is 0 Å². The van der Waals surface area contributed by atoms with Gasteiger partial charge in [0.1, 0.15) is 0 Å². The lowest BCUT2D eigenvalue weighted by molar-refractivity contribution is -0.129. The third kappa shape index (κ3) is 1.51. The van der Waals surface area contributed by atoms with Gasteiger partial charge >= 0.3 is 0 Å². The largest absolute Gasteiger partial charge is 0.339 e. The van der Waals surface area contributed by atoms with Gasteiger partial charge < -0.3 is 4.90 Å². The van der Waals surface area contributed by atoms with E-state index in [0.717, 1.165) is 0 Å². The number of amides is 1. The van der Waals surface area contributed by atoms with Crippen molar-refractivity contribution < 1.29 is 4.79 Å². The molecular formula is C8H12N2O. The molecular weight excluding hydrogens is 140 g/mol. The van der Waals surface area contributed by atoms with E-state index in [-0.39, 0.29) is 17.9 Å². The first-order valence-electron chi connectivity index (χ1n) is 3.84. The minimum absolute atomic E-state index is 0.0788. The number of nitrogens with zero attached hydrogens (tertiary/aromatic N) is 2.